The summed E-state index contributed by atoms with van der Waals surface area (Å²) in [6, 6.07) is 29.3. The Morgan fingerprint density at radius 2 is 1.37 bits per heavy atom. The quantitative estimate of drug-likeness (QED) is 0.424. The molecule has 0 radical (unpaired) electrons. The van der Waals surface area contributed by atoms with Crippen LogP contribution in [0.2, 0.25) is 5.02 Å². The van der Waals surface area contributed by atoms with Crippen LogP contribution in [0.4, 0.5) is 0 Å². The molecule has 0 bridgehead atoms. The van der Waals surface area contributed by atoms with E-state index in [1.807, 2.05) is 91.9 Å². The van der Waals surface area contributed by atoms with Crippen LogP contribution in [0, 0.1) is 6.92 Å². The summed E-state index contributed by atoms with van der Waals surface area (Å²) in [5.41, 5.74) is 5.17. The van der Waals surface area contributed by atoms with Crippen LogP contribution < -0.4 is 5.43 Å². The normalized spacial score (nSPS) is 10.7. The second-order valence-electron chi connectivity index (χ2n) is 6.38. The maximum atomic E-state index is 12.8. The molecule has 1 heterocycles. The summed E-state index contributed by atoms with van der Waals surface area (Å²) in [5, 5.41) is 0.615. The van der Waals surface area contributed by atoms with E-state index in [1.54, 1.807) is 6.07 Å². The molecule has 132 valence electrons. The average molecular weight is 372 g/mol. The average Bonchev–Trinajstić information content (AvgIpc) is 2.71. The predicted molar refractivity (Wildman–Crippen MR) is 113 cm³/mol. The lowest BCUT2D eigenvalue weighted by Crippen LogP contribution is -2.15. The Morgan fingerprint density at radius 1 is 0.778 bits per heavy atom. The summed E-state index contributed by atoms with van der Waals surface area (Å²) in [6.07, 6.45) is 0. The van der Waals surface area contributed by atoms with Gasteiger partial charge in [0.25, 0.3) is 0 Å². The SMILES string of the molecule is Cc1c(-c2ccccc2)n(-c2ccccc2)c(-c2ccccc2Cl)cc1=O. The van der Waals surface area contributed by atoms with Crippen molar-refractivity contribution in [3.05, 3.63) is 112 Å². The second kappa shape index (κ2) is 7.26. The third-order valence-electron chi connectivity index (χ3n) is 4.67. The molecule has 0 aliphatic rings. The van der Waals surface area contributed by atoms with Crippen molar-refractivity contribution in [2.24, 2.45) is 0 Å². The van der Waals surface area contributed by atoms with E-state index in [1.165, 1.54) is 0 Å². The van der Waals surface area contributed by atoms with Gasteiger partial charge in [0.15, 0.2) is 5.43 Å². The van der Waals surface area contributed by atoms with Crippen LogP contribution in [0.3, 0.4) is 0 Å². The highest BCUT2D eigenvalue weighted by Gasteiger charge is 2.18. The van der Waals surface area contributed by atoms with Gasteiger partial charge < -0.3 is 4.57 Å². The van der Waals surface area contributed by atoms with Crippen molar-refractivity contribution in [2.75, 3.05) is 0 Å². The maximum absolute atomic E-state index is 12.8. The summed E-state index contributed by atoms with van der Waals surface area (Å²) < 4.78 is 2.12. The Bertz CT molecular complexity index is 1150. The van der Waals surface area contributed by atoms with Crippen LogP contribution in [0.25, 0.3) is 28.2 Å². The van der Waals surface area contributed by atoms with Gasteiger partial charge in [-0.05, 0) is 30.7 Å². The molecule has 3 aromatic carbocycles. The fourth-order valence-electron chi connectivity index (χ4n) is 3.36. The number of pyridine rings is 1. The van der Waals surface area contributed by atoms with Crippen molar-refractivity contribution in [1.82, 2.24) is 4.57 Å². The van der Waals surface area contributed by atoms with Gasteiger partial charge in [-0.2, -0.15) is 0 Å². The first-order valence-electron chi connectivity index (χ1n) is 8.79. The van der Waals surface area contributed by atoms with Crippen molar-refractivity contribution >= 4 is 11.6 Å². The third-order valence-corrected chi connectivity index (χ3v) is 5.00. The Labute approximate surface area is 163 Å². The van der Waals surface area contributed by atoms with Crippen LogP contribution in [0.15, 0.2) is 95.8 Å². The summed E-state index contributed by atoms with van der Waals surface area (Å²) in [7, 11) is 0. The minimum absolute atomic E-state index is 0.00375. The summed E-state index contributed by atoms with van der Waals surface area (Å²) in [6.45, 7) is 1.88. The molecule has 0 saturated heterocycles. The highest BCUT2D eigenvalue weighted by Crippen LogP contribution is 2.34. The lowest BCUT2D eigenvalue weighted by Gasteiger charge is -2.22. The lowest BCUT2D eigenvalue weighted by atomic mass is 10.0. The zero-order valence-corrected chi connectivity index (χ0v) is 15.6. The van der Waals surface area contributed by atoms with Crippen LogP contribution in [-0.2, 0) is 0 Å². The van der Waals surface area contributed by atoms with E-state index in [4.69, 9.17) is 11.6 Å². The van der Waals surface area contributed by atoms with E-state index >= 15 is 0 Å². The van der Waals surface area contributed by atoms with Crippen molar-refractivity contribution in [2.45, 2.75) is 6.92 Å². The van der Waals surface area contributed by atoms with E-state index in [0.717, 1.165) is 28.2 Å². The van der Waals surface area contributed by atoms with E-state index in [-0.39, 0.29) is 5.43 Å². The standard InChI is InChI=1S/C24H18ClNO/c1-17-23(27)16-22(20-14-8-9-15-21(20)25)26(19-12-6-3-7-13-19)24(17)18-10-4-2-5-11-18/h2-16H,1H3. The van der Waals surface area contributed by atoms with Crippen molar-refractivity contribution < 1.29 is 0 Å². The number of aromatic nitrogens is 1. The maximum Gasteiger partial charge on any atom is 0.185 e. The number of nitrogens with zero attached hydrogens (tertiary/aromatic N) is 1. The van der Waals surface area contributed by atoms with Gasteiger partial charge in [-0.3, -0.25) is 4.79 Å². The molecular weight excluding hydrogens is 354 g/mol. The van der Waals surface area contributed by atoms with Gasteiger partial charge in [-0.25, -0.2) is 0 Å². The molecule has 1 aromatic heterocycles. The number of rotatable bonds is 3. The van der Waals surface area contributed by atoms with Gasteiger partial charge in [0.05, 0.1) is 11.4 Å². The molecule has 27 heavy (non-hydrogen) atoms. The van der Waals surface area contributed by atoms with E-state index < -0.39 is 0 Å². The van der Waals surface area contributed by atoms with Crippen molar-refractivity contribution in [3.63, 3.8) is 0 Å². The first kappa shape index (κ1) is 17.3. The Morgan fingerprint density at radius 3 is 2.04 bits per heavy atom. The fourth-order valence-corrected chi connectivity index (χ4v) is 3.59. The van der Waals surface area contributed by atoms with Gasteiger partial charge >= 0.3 is 0 Å². The topological polar surface area (TPSA) is 22.0 Å². The molecular formula is C24H18ClNO. The minimum Gasteiger partial charge on any atom is -0.309 e. The smallest absolute Gasteiger partial charge is 0.185 e. The summed E-state index contributed by atoms with van der Waals surface area (Å²) >= 11 is 6.49. The third kappa shape index (κ3) is 3.20. The largest absolute Gasteiger partial charge is 0.309 e. The molecule has 0 atom stereocenters. The van der Waals surface area contributed by atoms with E-state index in [9.17, 15) is 4.79 Å². The van der Waals surface area contributed by atoms with E-state index in [0.29, 0.717) is 10.6 Å². The number of hydrogen-bond acceptors (Lipinski definition) is 1. The molecule has 4 rings (SSSR count). The highest BCUT2D eigenvalue weighted by atomic mass is 35.5. The van der Waals surface area contributed by atoms with Crippen LogP contribution in [-0.4, -0.2) is 4.57 Å². The first-order valence-corrected chi connectivity index (χ1v) is 9.17. The molecule has 0 fully saturated rings. The minimum atomic E-state index is -0.00375. The molecule has 0 unspecified atom stereocenters. The first-order chi connectivity index (χ1) is 13.2. The molecule has 0 amide bonds. The molecule has 3 heteroatoms. The summed E-state index contributed by atoms with van der Waals surface area (Å²) in [4.78, 5) is 12.8. The highest BCUT2D eigenvalue weighted by molar-refractivity contribution is 6.33. The zero-order valence-electron chi connectivity index (χ0n) is 14.9. The molecule has 0 aliphatic carbocycles. The second-order valence-corrected chi connectivity index (χ2v) is 6.79. The van der Waals surface area contributed by atoms with Gasteiger partial charge in [0.1, 0.15) is 0 Å². The van der Waals surface area contributed by atoms with Gasteiger partial charge in [-0.1, -0.05) is 78.3 Å². The van der Waals surface area contributed by atoms with Crippen LogP contribution in [0.5, 0.6) is 0 Å². The molecule has 0 aliphatic heterocycles. The Balaban J connectivity index is 2.16. The van der Waals surface area contributed by atoms with E-state index in [2.05, 4.69) is 4.57 Å². The van der Waals surface area contributed by atoms with Gasteiger partial charge in [-0.15, -0.1) is 0 Å². The molecule has 0 saturated carbocycles. The number of hydrogen-bond donors (Lipinski definition) is 0. The molecule has 4 aromatic rings. The fraction of sp³-hybridized carbons (Fsp3) is 0.0417. The predicted octanol–water partition coefficient (Wildman–Crippen LogP) is 6.13. The monoisotopic (exact) mass is 371 g/mol. The Hall–Kier alpha value is -3.10. The van der Waals surface area contributed by atoms with Crippen molar-refractivity contribution in [1.29, 1.82) is 0 Å². The molecule has 2 nitrogen and oxygen atoms in total. The lowest BCUT2D eigenvalue weighted by molar-refractivity contribution is 1.04. The number of benzene rings is 3. The van der Waals surface area contributed by atoms with Crippen molar-refractivity contribution in [3.8, 4) is 28.2 Å². The van der Waals surface area contributed by atoms with Gasteiger partial charge in [0, 0.05) is 27.9 Å². The van der Waals surface area contributed by atoms with Crippen LogP contribution >= 0.6 is 11.6 Å². The molecule has 0 spiro atoms. The zero-order chi connectivity index (χ0) is 18.8. The van der Waals surface area contributed by atoms with Crippen LogP contribution in [0.1, 0.15) is 5.56 Å². The van der Waals surface area contributed by atoms with Gasteiger partial charge in [0.2, 0.25) is 0 Å². The number of halogens is 1. The molecule has 0 N–H and O–H groups in total. The number of para-hydroxylation sites is 1. The Kier molecular flexibility index (Phi) is 4.66. The summed E-state index contributed by atoms with van der Waals surface area (Å²) in [5.74, 6) is 0.